The monoisotopic (exact) mass is 257 g/mol. The summed E-state index contributed by atoms with van der Waals surface area (Å²) in [7, 11) is 1.77. The van der Waals surface area contributed by atoms with Gasteiger partial charge in [0.1, 0.15) is 11.6 Å². The number of halogens is 2. The van der Waals surface area contributed by atoms with Crippen LogP contribution in [0.3, 0.4) is 0 Å². The molecule has 0 aliphatic heterocycles. The molecule has 1 rings (SSSR count). The Morgan fingerprint density at radius 1 is 1.39 bits per heavy atom. The predicted molar refractivity (Wildman–Crippen MR) is 63.9 cm³/mol. The molecule has 0 aliphatic rings. The topological polar surface area (TPSA) is 29.5 Å². The first kappa shape index (κ1) is 14.6. The Hall–Kier alpha value is -1.49. The first-order chi connectivity index (χ1) is 8.52. The quantitative estimate of drug-likeness (QED) is 0.733. The molecule has 0 N–H and O–H groups in total. The molecular weight excluding hydrogens is 240 g/mol. The number of esters is 1. The van der Waals surface area contributed by atoms with Crippen molar-refractivity contribution in [1.82, 2.24) is 4.90 Å². The molecule has 0 atom stereocenters. The van der Waals surface area contributed by atoms with Crippen molar-refractivity contribution in [1.29, 1.82) is 0 Å². The average Bonchev–Trinajstić information content (AvgIpc) is 2.31. The molecule has 0 amide bonds. The minimum atomic E-state index is -0.592. The molecule has 0 aliphatic carbocycles. The van der Waals surface area contributed by atoms with Crippen molar-refractivity contribution in [2.75, 3.05) is 20.2 Å². The smallest absolute Gasteiger partial charge is 0.307 e. The maximum absolute atomic E-state index is 13.4. The third kappa shape index (κ3) is 4.79. The van der Waals surface area contributed by atoms with Crippen molar-refractivity contribution in [2.45, 2.75) is 19.9 Å². The van der Waals surface area contributed by atoms with Crippen LogP contribution in [0.1, 0.15) is 18.9 Å². The van der Waals surface area contributed by atoms with Gasteiger partial charge >= 0.3 is 5.97 Å². The molecule has 3 nitrogen and oxygen atoms in total. The molecule has 1 aromatic rings. The number of benzene rings is 1. The van der Waals surface area contributed by atoms with Gasteiger partial charge in [0.25, 0.3) is 0 Å². The van der Waals surface area contributed by atoms with Crippen molar-refractivity contribution in [3.05, 3.63) is 35.4 Å². The lowest BCUT2D eigenvalue weighted by molar-refractivity contribution is -0.143. The summed E-state index contributed by atoms with van der Waals surface area (Å²) >= 11 is 0. The lowest BCUT2D eigenvalue weighted by Gasteiger charge is -2.16. The van der Waals surface area contributed by atoms with Gasteiger partial charge in [-0.1, -0.05) is 6.07 Å². The highest BCUT2D eigenvalue weighted by Gasteiger charge is 2.09. The molecule has 0 spiro atoms. The summed E-state index contributed by atoms with van der Waals surface area (Å²) in [5.41, 5.74) is 0.405. The fourth-order valence-electron chi connectivity index (χ4n) is 1.54. The van der Waals surface area contributed by atoms with Crippen LogP contribution in [0.15, 0.2) is 18.2 Å². The molecule has 0 unspecified atom stereocenters. The van der Waals surface area contributed by atoms with Gasteiger partial charge in [0, 0.05) is 24.7 Å². The van der Waals surface area contributed by atoms with Gasteiger partial charge in [0.2, 0.25) is 0 Å². The summed E-state index contributed by atoms with van der Waals surface area (Å²) in [6.45, 7) is 2.89. The van der Waals surface area contributed by atoms with Crippen LogP contribution in [-0.2, 0) is 16.1 Å². The lowest BCUT2D eigenvalue weighted by Crippen LogP contribution is -2.22. The maximum atomic E-state index is 13.4. The standard InChI is InChI=1S/C13H17F2NO2/c1-3-18-13(17)6-7-16(2)9-10-4-5-11(14)8-12(10)15/h4-5,8H,3,6-7,9H2,1-2H3. The lowest BCUT2D eigenvalue weighted by atomic mass is 10.2. The van der Waals surface area contributed by atoms with Crippen LogP contribution < -0.4 is 0 Å². The maximum Gasteiger partial charge on any atom is 0.307 e. The minimum Gasteiger partial charge on any atom is -0.466 e. The predicted octanol–water partition coefficient (Wildman–Crippen LogP) is 2.35. The SMILES string of the molecule is CCOC(=O)CCN(C)Cc1ccc(F)cc1F. The molecule has 0 bridgehead atoms. The Labute approximate surface area is 105 Å². The van der Waals surface area contributed by atoms with Crippen molar-refractivity contribution in [2.24, 2.45) is 0 Å². The normalized spacial score (nSPS) is 10.7. The van der Waals surface area contributed by atoms with Crippen molar-refractivity contribution in [3.8, 4) is 0 Å². The minimum absolute atomic E-state index is 0.257. The first-order valence-electron chi connectivity index (χ1n) is 5.81. The van der Waals surface area contributed by atoms with Gasteiger partial charge in [-0.3, -0.25) is 4.79 Å². The number of nitrogens with zero attached hydrogens (tertiary/aromatic N) is 1. The van der Waals surface area contributed by atoms with Gasteiger partial charge in [0.05, 0.1) is 13.0 Å². The number of hydrogen-bond acceptors (Lipinski definition) is 3. The van der Waals surface area contributed by atoms with Crippen LogP contribution in [-0.4, -0.2) is 31.1 Å². The van der Waals surface area contributed by atoms with Gasteiger partial charge in [-0.05, 0) is 20.0 Å². The van der Waals surface area contributed by atoms with E-state index in [1.165, 1.54) is 12.1 Å². The Kier molecular flexibility index (Phi) is 5.71. The fourth-order valence-corrected chi connectivity index (χ4v) is 1.54. The van der Waals surface area contributed by atoms with Crippen LogP contribution in [0.5, 0.6) is 0 Å². The molecule has 18 heavy (non-hydrogen) atoms. The number of carbonyl (C=O) groups excluding carboxylic acids is 1. The third-order valence-corrected chi connectivity index (χ3v) is 2.46. The van der Waals surface area contributed by atoms with Crippen LogP contribution in [0.25, 0.3) is 0 Å². The summed E-state index contributed by atoms with van der Waals surface area (Å²) in [6, 6.07) is 3.48. The number of hydrogen-bond donors (Lipinski definition) is 0. The highest BCUT2D eigenvalue weighted by Crippen LogP contribution is 2.11. The largest absolute Gasteiger partial charge is 0.466 e. The highest BCUT2D eigenvalue weighted by molar-refractivity contribution is 5.69. The molecule has 100 valence electrons. The van der Waals surface area contributed by atoms with E-state index < -0.39 is 11.6 Å². The first-order valence-corrected chi connectivity index (χ1v) is 5.81. The van der Waals surface area contributed by atoms with E-state index in [1.54, 1.807) is 18.9 Å². The Morgan fingerprint density at radius 3 is 2.72 bits per heavy atom. The zero-order valence-corrected chi connectivity index (χ0v) is 10.6. The zero-order valence-electron chi connectivity index (χ0n) is 10.6. The molecule has 0 heterocycles. The molecular formula is C13H17F2NO2. The van der Waals surface area contributed by atoms with E-state index in [4.69, 9.17) is 4.74 Å². The molecule has 0 fully saturated rings. The number of carbonyl (C=O) groups is 1. The second-order valence-electron chi connectivity index (χ2n) is 4.03. The van der Waals surface area contributed by atoms with E-state index in [0.29, 0.717) is 25.3 Å². The van der Waals surface area contributed by atoms with E-state index in [9.17, 15) is 13.6 Å². The van der Waals surface area contributed by atoms with Gasteiger partial charge < -0.3 is 9.64 Å². The van der Waals surface area contributed by atoms with Crippen LogP contribution >= 0.6 is 0 Å². The Morgan fingerprint density at radius 2 is 2.11 bits per heavy atom. The third-order valence-electron chi connectivity index (χ3n) is 2.46. The van der Waals surface area contributed by atoms with Crippen LogP contribution in [0.4, 0.5) is 8.78 Å². The molecule has 5 heteroatoms. The van der Waals surface area contributed by atoms with Gasteiger partial charge in [-0.15, -0.1) is 0 Å². The summed E-state index contributed by atoms with van der Waals surface area (Å²) in [5.74, 6) is -1.44. The van der Waals surface area contributed by atoms with E-state index in [1.807, 2.05) is 0 Å². The summed E-state index contributed by atoms with van der Waals surface area (Å²) in [6.07, 6.45) is 0.257. The summed E-state index contributed by atoms with van der Waals surface area (Å²) in [4.78, 5) is 12.9. The summed E-state index contributed by atoms with van der Waals surface area (Å²) < 4.78 is 30.9. The average molecular weight is 257 g/mol. The van der Waals surface area contributed by atoms with Crippen molar-refractivity contribution >= 4 is 5.97 Å². The molecule has 0 radical (unpaired) electrons. The van der Waals surface area contributed by atoms with E-state index in [0.717, 1.165) is 6.07 Å². The van der Waals surface area contributed by atoms with Crippen molar-refractivity contribution in [3.63, 3.8) is 0 Å². The van der Waals surface area contributed by atoms with E-state index in [-0.39, 0.29) is 12.4 Å². The van der Waals surface area contributed by atoms with Crippen LogP contribution in [0, 0.1) is 11.6 Å². The second kappa shape index (κ2) is 7.06. The number of ether oxygens (including phenoxy) is 1. The van der Waals surface area contributed by atoms with E-state index >= 15 is 0 Å². The molecule has 1 aromatic carbocycles. The van der Waals surface area contributed by atoms with Crippen LogP contribution in [0.2, 0.25) is 0 Å². The van der Waals surface area contributed by atoms with Gasteiger partial charge in [-0.2, -0.15) is 0 Å². The van der Waals surface area contributed by atoms with Crippen molar-refractivity contribution < 1.29 is 18.3 Å². The highest BCUT2D eigenvalue weighted by atomic mass is 19.1. The second-order valence-corrected chi connectivity index (χ2v) is 4.03. The Balaban J connectivity index is 2.44. The van der Waals surface area contributed by atoms with Gasteiger partial charge in [0.15, 0.2) is 0 Å². The molecule has 0 aromatic heterocycles. The fraction of sp³-hybridized carbons (Fsp3) is 0.462. The Bertz CT molecular complexity index is 410. The number of rotatable bonds is 6. The van der Waals surface area contributed by atoms with Gasteiger partial charge in [-0.25, -0.2) is 8.78 Å². The summed E-state index contributed by atoms with van der Waals surface area (Å²) in [5, 5.41) is 0. The molecule has 0 saturated carbocycles. The molecule has 0 saturated heterocycles. The zero-order chi connectivity index (χ0) is 13.5. The van der Waals surface area contributed by atoms with E-state index in [2.05, 4.69) is 0 Å².